The fraction of sp³-hybridized carbons (Fsp3) is 0.467. The maximum Gasteiger partial charge on any atom is 0.225 e. The van der Waals surface area contributed by atoms with Gasteiger partial charge in [-0.15, -0.1) is 0 Å². The average molecular weight is 258 g/mol. The van der Waals surface area contributed by atoms with Gasteiger partial charge in [0.1, 0.15) is 0 Å². The van der Waals surface area contributed by atoms with Gasteiger partial charge in [0.25, 0.3) is 0 Å². The van der Waals surface area contributed by atoms with Crippen molar-refractivity contribution in [3.8, 4) is 0 Å². The molecule has 1 aromatic carbocycles. The summed E-state index contributed by atoms with van der Waals surface area (Å²) in [6.07, 6.45) is 1.95. The van der Waals surface area contributed by atoms with Gasteiger partial charge in [-0.1, -0.05) is 37.3 Å². The first-order chi connectivity index (χ1) is 9.16. The number of carbonyl (C=O) groups is 2. The molecule has 3 atom stereocenters. The van der Waals surface area contributed by atoms with Gasteiger partial charge in [0.15, 0.2) is 0 Å². The fourth-order valence-corrected chi connectivity index (χ4v) is 2.61. The van der Waals surface area contributed by atoms with Crippen molar-refractivity contribution in [2.24, 2.45) is 11.8 Å². The van der Waals surface area contributed by atoms with E-state index < -0.39 is 0 Å². The summed E-state index contributed by atoms with van der Waals surface area (Å²) in [7, 11) is 0. The van der Waals surface area contributed by atoms with Crippen LogP contribution >= 0.6 is 0 Å². The van der Waals surface area contributed by atoms with Crippen LogP contribution in [-0.4, -0.2) is 17.9 Å². The summed E-state index contributed by atoms with van der Waals surface area (Å²) in [4.78, 5) is 23.8. The third-order valence-corrected chi connectivity index (χ3v) is 4.02. The van der Waals surface area contributed by atoms with Crippen LogP contribution in [0.15, 0.2) is 30.3 Å². The molecule has 19 heavy (non-hydrogen) atoms. The van der Waals surface area contributed by atoms with E-state index in [1.807, 2.05) is 37.3 Å². The smallest absolute Gasteiger partial charge is 0.225 e. The number of benzene rings is 1. The summed E-state index contributed by atoms with van der Waals surface area (Å²) in [5.41, 5.74) is 1.04. The molecule has 1 unspecified atom stereocenters. The highest BCUT2D eigenvalue weighted by molar-refractivity contribution is 5.86. The minimum atomic E-state index is -0.187. The van der Waals surface area contributed by atoms with Crippen molar-refractivity contribution in [1.29, 1.82) is 0 Å². The van der Waals surface area contributed by atoms with Gasteiger partial charge in [-0.3, -0.25) is 9.59 Å². The molecule has 1 aromatic rings. The zero-order valence-electron chi connectivity index (χ0n) is 10.9. The van der Waals surface area contributed by atoms with Gasteiger partial charge in [0.05, 0.1) is 18.0 Å². The zero-order chi connectivity index (χ0) is 13.4. The first-order valence-corrected chi connectivity index (χ1v) is 6.82. The van der Waals surface area contributed by atoms with Gasteiger partial charge in [-0.25, -0.2) is 0 Å². The normalized spacial score (nSPS) is 29.9. The topological polar surface area (TPSA) is 58.2 Å². The van der Waals surface area contributed by atoms with Crippen LogP contribution in [0.1, 0.15) is 31.4 Å². The lowest BCUT2D eigenvalue weighted by atomic mass is 9.94. The first-order valence-electron chi connectivity index (χ1n) is 6.82. The van der Waals surface area contributed by atoms with Gasteiger partial charge >= 0.3 is 0 Å². The maximum atomic E-state index is 11.9. The number of nitrogens with one attached hydrogen (secondary N) is 2. The third kappa shape index (κ3) is 2.35. The van der Waals surface area contributed by atoms with E-state index >= 15 is 0 Å². The molecule has 100 valence electrons. The molecule has 0 bridgehead atoms. The van der Waals surface area contributed by atoms with Crippen molar-refractivity contribution in [2.75, 3.05) is 0 Å². The van der Waals surface area contributed by atoms with E-state index in [9.17, 15) is 9.59 Å². The molecule has 2 fully saturated rings. The van der Waals surface area contributed by atoms with Crippen molar-refractivity contribution in [1.82, 2.24) is 10.6 Å². The lowest BCUT2D eigenvalue weighted by Crippen LogP contribution is -2.42. The molecule has 2 aliphatic rings. The van der Waals surface area contributed by atoms with E-state index in [4.69, 9.17) is 0 Å². The Labute approximate surface area is 112 Å². The maximum absolute atomic E-state index is 11.9. The lowest BCUT2D eigenvalue weighted by molar-refractivity contribution is -0.124. The van der Waals surface area contributed by atoms with Gasteiger partial charge in [0, 0.05) is 5.92 Å². The predicted octanol–water partition coefficient (Wildman–Crippen LogP) is 1.39. The Morgan fingerprint density at radius 2 is 1.95 bits per heavy atom. The first kappa shape index (κ1) is 12.2. The Hall–Kier alpha value is -1.84. The molecule has 2 amide bonds. The molecule has 1 aliphatic heterocycles. The van der Waals surface area contributed by atoms with E-state index in [0.717, 1.165) is 18.4 Å². The Kier molecular flexibility index (Phi) is 3.01. The lowest BCUT2D eigenvalue weighted by Gasteiger charge is -2.22. The van der Waals surface area contributed by atoms with Gasteiger partial charge in [0.2, 0.25) is 11.8 Å². The minimum absolute atomic E-state index is 0.00921. The summed E-state index contributed by atoms with van der Waals surface area (Å²) in [5, 5.41) is 6.03. The van der Waals surface area contributed by atoms with E-state index in [1.54, 1.807) is 0 Å². The minimum Gasteiger partial charge on any atom is -0.350 e. The number of carbonyl (C=O) groups excluding carboxylic acids is 2. The van der Waals surface area contributed by atoms with Crippen molar-refractivity contribution >= 4 is 11.8 Å². The second-order valence-corrected chi connectivity index (χ2v) is 5.49. The summed E-state index contributed by atoms with van der Waals surface area (Å²) >= 11 is 0. The van der Waals surface area contributed by atoms with Gasteiger partial charge < -0.3 is 10.6 Å². The molecule has 0 aromatic heterocycles. The highest BCUT2D eigenvalue weighted by Crippen LogP contribution is 2.32. The molecule has 0 radical (unpaired) electrons. The molecule has 1 saturated carbocycles. The highest BCUT2D eigenvalue weighted by atomic mass is 16.2. The van der Waals surface area contributed by atoms with Gasteiger partial charge in [-0.2, -0.15) is 0 Å². The average Bonchev–Trinajstić information content (AvgIpc) is 3.23. The quantitative estimate of drug-likeness (QED) is 0.860. The second kappa shape index (κ2) is 4.68. The van der Waals surface area contributed by atoms with Crippen molar-refractivity contribution in [3.63, 3.8) is 0 Å². The van der Waals surface area contributed by atoms with Gasteiger partial charge in [-0.05, 0) is 18.4 Å². The Balaban J connectivity index is 1.80. The van der Waals surface area contributed by atoms with Crippen LogP contribution in [0, 0.1) is 11.8 Å². The largest absolute Gasteiger partial charge is 0.350 e. The van der Waals surface area contributed by atoms with Crippen molar-refractivity contribution in [2.45, 2.75) is 31.8 Å². The number of hydrogen-bond acceptors (Lipinski definition) is 2. The monoisotopic (exact) mass is 258 g/mol. The Morgan fingerprint density at radius 3 is 2.58 bits per heavy atom. The molecule has 1 aliphatic carbocycles. The number of rotatable bonds is 3. The van der Waals surface area contributed by atoms with Crippen molar-refractivity contribution in [3.05, 3.63) is 35.9 Å². The number of hydrogen-bond donors (Lipinski definition) is 2. The molecule has 4 nitrogen and oxygen atoms in total. The van der Waals surface area contributed by atoms with Crippen LogP contribution in [-0.2, 0) is 9.59 Å². The van der Waals surface area contributed by atoms with Crippen LogP contribution in [0.2, 0.25) is 0 Å². The summed E-state index contributed by atoms with van der Waals surface area (Å²) in [6.45, 7) is 1.87. The van der Waals surface area contributed by atoms with E-state index in [2.05, 4.69) is 10.6 Å². The molecule has 1 heterocycles. The SMILES string of the molecule is C[C@@H]1C(=O)N[C@H](c2ccccc2)C1NC(=O)C1CC1. The van der Waals surface area contributed by atoms with Crippen LogP contribution in [0.3, 0.4) is 0 Å². The predicted molar refractivity (Wildman–Crippen MR) is 71.1 cm³/mol. The molecule has 4 heteroatoms. The van der Waals surface area contributed by atoms with Crippen LogP contribution in [0.25, 0.3) is 0 Å². The van der Waals surface area contributed by atoms with E-state index in [1.165, 1.54) is 0 Å². The van der Waals surface area contributed by atoms with Crippen LogP contribution in [0.5, 0.6) is 0 Å². The molecular formula is C15H18N2O2. The molecule has 1 saturated heterocycles. The number of amides is 2. The van der Waals surface area contributed by atoms with Crippen molar-refractivity contribution < 1.29 is 9.59 Å². The summed E-state index contributed by atoms with van der Waals surface area (Å²) in [6, 6.07) is 9.54. The molecule has 2 N–H and O–H groups in total. The second-order valence-electron chi connectivity index (χ2n) is 5.49. The molecular weight excluding hydrogens is 240 g/mol. The summed E-state index contributed by atoms with van der Waals surface area (Å²) in [5.74, 6) is 0.0801. The van der Waals surface area contributed by atoms with Crippen LogP contribution < -0.4 is 10.6 Å². The zero-order valence-corrected chi connectivity index (χ0v) is 10.9. The summed E-state index contributed by atoms with van der Waals surface area (Å²) < 4.78 is 0. The van der Waals surface area contributed by atoms with E-state index in [0.29, 0.717) is 0 Å². The molecule has 0 spiro atoms. The Bertz CT molecular complexity index is 496. The highest BCUT2D eigenvalue weighted by Gasteiger charge is 2.42. The Morgan fingerprint density at radius 1 is 1.26 bits per heavy atom. The molecule has 3 rings (SSSR count). The third-order valence-electron chi connectivity index (χ3n) is 4.02. The fourth-order valence-electron chi connectivity index (χ4n) is 2.61. The van der Waals surface area contributed by atoms with E-state index in [-0.39, 0.29) is 35.7 Å². The van der Waals surface area contributed by atoms with Crippen LogP contribution in [0.4, 0.5) is 0 Å². The standard InChI is InChI=1S/C15H18N2O2/c1-9-12(16-15(19)11-7-8-11)13(17-14(9)18)10-5-3-2-4-6-10/h2-6,9,11-13H,7-8H2,1H3,(H,16,19)(H,17,18)/t9-,12?,13+/m0/s1.